The summed E-state index contributed by atoms with van der Waals surface area (Å²) in [7, 11) is 1.70. The van der Waals surface area contributed by atoms with Crippen LogP contribution in [0.4, 0.5) is 0 Å². The lowest BCUT2D eigenvalue weighted by Gasteiger charge is -2.23. The van der Waals surface area contributed by atoms with Gasteiger partial charge in [-0.1, -0.05) is 30.4 Å². The van der Waals surface area contributed by atoms with Crippen molar-refractivity contribution < 1.29 is 4.79 Å². The number of amides is 1. The molecule has 112 valence electrons. The zero-order valence-corrected chi connectivity index (χ0v) is 13.6. The van der Waals surface area contributed by atoms with E-state index in [4.69, 9.17) is 24.4 Å². The molecule has 1 amide bonds. The predicted octanol–water partition coefficient (Wildman–Crippen LogP) is 1.59. The van der Waals surface area contributed by atoms with Crippen LogP contribution in [0.3, 0.4) is 0 Å². The van der Waals surface area contributed by atoms with Crippen molar-refractivity contribution in [3.8, 4) is 0 Å². The third-order valence-corrected chi connectivity index (χ3v) is 2.99. The Hall–Kier alpha value is -1.99. The number of carbonyl (C=O) groups excluding carboxylic acids is 1. The second-order valence-corrected chi connectivity index (χ2v) is 5.23. The number of carbonyl (C=O) groups is 1. The van der Waals surface area contributed by atoms with Gasteiger partial charge < -0.3 is 5.32 Å². The van der Waals surface area contributed by atoms with Crippen LogP contribution in [-0.4, -0.2) is 34.7 Å². The minimum absolute atomic E-state index is 0.172. The van der Waals surface area contributed by atoms with E-state index in [1.165, 1.54) is 5.01 Å². The molecule has 1 aromatic rings. The lowest BCUT2D eigenvalue weighted by molar-refractivity contribution is 0.0975. The standard InChI is InChI=1S/C14H18N4OS2/c1-10(2)9-15-14(21)18(3)17-13(20)16-12(19)11-7-5-4-6-8-11/h4-8H,1,9H2,2-3H3,(H,15,21)(H2,16,17,19,20). The lowest BCUT2D eigenvalue weighted by atomic mass is 10.2. The topological polar surface area (TPSA) is 56.4 Å². The van der Waals surface area contributed by atoms with Crippen LogP contribution < -0.4 is 16.1 Å². The molecule has 0 spiro atoms. The fourth-order valence-electron chi connectivity index (χ4n) is 1.34. The Balaban J connectivity index is 2.44. The Labute approximate surface area is 135 Å². The van der Waals surface area contributed by atoms with E-state index < -0.39 is 0 Å². The van der Waals surface area contributed by atoms with Crippen molar-refractivity contribution in [1.29, 1.82) is 0 Å². The molecule has 0 bridgehead atoms. The first-order valence-corrected chi connectivity index (χ1v) is 7.04. The van der Waals surface area contributed by atoms with Gasteiger partial charge in [-0.05, 0) is 43.5 Å². The summed E-state index contributed by atoms with van der Waals surface area (Å²) >= 11 is 10.2. The minimum Gasteiger partial charge on any atom is -0.357 e. The van der Waals surface area contributed by atoms with Crippen LogP contribution in [0.1, 0.15) is 17.3 Å². The molecule has 0 unspecified atom stereocenters. The second-order valence-electron chi connectivity index (χ2n) is 4.44. The number of hydrazine groups is 1. The molecule has 0 aliphatic heterocycles. The Kier molecular flexibility index (Phi) is 6.77. The molecule has 0 radical (unpaired) electrons. The van der Waals surface area contributed by atoms with Gasteiger partial charge in [0.15, 0.2) is 10.2 Å². The van der Waals surface area contributed by atoms with Crippen molar-refractivity contribution >= 4 is 40.6 Å². The van der Waals surface area contributed by atoms with Crippen LogP contribution >= 0.6 is 24.4 Å². The molecule has 21 heavy (non-hydrogen) atoms. The zero-order chi connectivity index (χ0) is 15.8. The lowest BCUT2D eigenvalue weighted by Crippen LogP contribution is -2.52. The highest BCUT2D eigenvalue weighted by molar-refractivity contribution is 7.80. The number of hydrogen-bond donors (Lipinski definition) is 3. The highest BCUT2D eigenvalue weighted by atomic mass is 32.1. The molecular formula is C14H18N4OS2. The Morgan fingerprint density at radius 2 is 1.90 bits per heavy atom. The van der Waals surface area contributed by atoms with Crippen molar-refractivity contribution in [2.24, 2.45) is 0 Å². The molecule has 0 atom stereocenters. The summed E-state index contributed by atoms with van der Waals surface area (Å²) in [5.74, 6) is -0.276. The molecule has 1 rings (SSSR count). The van der Waals surface area contributed by atoms with Crippen molar-refractivity contribution in [2.75, 3.05) is 13.6 Å². The average Bonchev–Trinajstić information content (AvgIpc) is 2.45. The SMILES string of the molecule is C=C(C)CNC(=S)N(C)NC(=S)NC(=O)c1ccccc1. The van der Waals surface area contributed by atoms with Gasteiger partial charge in [0.25, 0.3) is 5.91 Å². The van der Waals surface area contributed by atoms with Crippen LogP contribution in [0.5, 0.6) is 0 Å². The molecular weight excluding hydrogens is 304 g/mol. The van der Waals surface area contributed by atoms with E-state index in [9.17, 15) is 4.79 Å². The molecule has 0 aliphatic rings. The zero-order valence-electron chi connectivity index (χ0n) is 12.0. The molecule has 0 saturated heterocycles. The van der Waals surface area contributed by atoms with Gasteiger partial charge in [-0.2, -0.15) is 0 Å². The third-order valence-electron chi connectivity index (χ3n) is 2.38. The maximum Gasteiger partial charge on any atom is 0.257 e. The summed E-state index contributed by atoms with van der Waals surface area (Å²) in [6, 6.07) is 8.83. The monoisotopic (exact) mass is 322 g/mol. The maximum atomic E-state index is 11.9. The highest BCUT2D eigenvalue weighted by Gasteiger charge is 2.09. The van der Waals surface area contributed by atoms with Gasteiger partial charge in [-0.15, -0.1) is 0 Å². The largest absolute Gasteiger partial charge is 0.357 e. The van der Waals surface area contributed by atoms with Crippen LogP contribution in [0.15, 0.2) is 42.5 Å². The summed E-state index contributed by atoms with van der Waals surface area (Å²) in [6.45, 7) is 6.25. The number of nitrogens with one attached hydrogen (secondary N) is 3. The maximum absolute atomic E-state index is 11.9. The number of benzene rings is 1. The van der Waals surface area contributed by atoms with Gasteiger partial charge >= 0.3 is 0 Å². The number of hydrogen-bond acceptors (Lipinski definition) is 3. The van der Waals surface area contributed by atoms with Crippen LogP contribution in [-0.2, 0) is 0 Å². The molecule has 0 aromatic heterocycles. The Morgan fingerprint density at radius 1 is 1.29 bits per heavy atom. The molecule has 3 N–H and O–H groups in total. The smallest absolute Gasteiger partial charge is 0.257 e. The fraction of sp³-hybridized carbons (Fsp3) is 0.214. The number of nitrogens with zero attached hydrogens (tertiary/aromatic N) is 1. The molecule has 0 saturated carbocycles. The van der Waals surface area contributed by atoms with Crippen molar-refractivity contribution in [2.45, 2.75) is 6.92 Å². The van der Waals surface area contributed by atoms with E-state index in [0.29, 0.717) is 17.2 Å². The molecule has 7 heteroatoms. The Bertz CT molecular complexity index is 545. The molecule has 0 heterocycles. The minimum atomic E-state index is -0.276. The van der Waals surface area contributed by atoms with E-state index >= 15 is 0 Å². The summed E-state index contributed by atoms with van der Waals surface area (Å²) in [4.78, 5) is 11.9. The summed E-state index contributed by atoms with van der Waals surface area (Å²) in [6.07, 6.45) is 0. The van der Waals surface area contributed by atoms with E-state index in [2.05, 4.69) is 22.6 Å². The second kappa shape index (κ2) is 8.33. The summed E-state index contributed by atoms with van der Waals surface area (Å²) in [5.41, 5.74) is 4.30. The van der Waals surface area contributed by atoms with E-state index in [1.807, 2.05) is 13.0 Å². The Morgan fingerprint density at radius 3 is 2.48 bits per heavy atom. The van der Waals surface area contributed by atoms with Crippen LogP contribution in [0.25, 0.3) is 0 Å². The van der Waals surface area contributed by atoms with E-state index in [-0.39, 0.29) is 11.0 Å². The van der Waals surface area contributed by atoms with Crippen molar-refractivity contribution in [3.05, 3.63) is 48.0 Å². The van der Waals surface area contributed by atoms with Gasteiger partial charge in [0.2, 0.25) is 0 Å². The molecule has 0 fully saturated rings. The first-order valence-electron chi connectivity index (χ1n) is 6.23. The van der Waals surface area contributed by atoms with Crippen LogP contribution in [0.2, 0.25) is 0 Å². The van der Waals surface area contributed by atoms with Crippen LogP contribution in [0, 0.1) is 0 Å². The summed E-state index contributed by atoms with van der Waals surface area (Å²) in [5, 5.41) is 7.72. The first kappa shape index (κ1) is 17.1. The van der Waals surface area contributed by atoms with Gasteiger partial charge in [0.1, 0.15) is 0 Å². The molecule has 5 nitrogen and oxygen atoms in total. The van der Waals surface area contributed by atoms with Crippen molar-refractivity contribution in [3.63, 3.8) is 0 Å². The normalized spacial score (nSPS) is 9.43. The van der Waals surface area contributed by atoms with Crippen molar-refractivity contribution in [1.82, 2.24) is 21.1 Å². The predicted molar refractivity (Wildman–Crippen MR) is 92.8 cm³/mol. The highest BCUT2D eigenvalue weighted by Crippen LogP contribution is 1.97. The van der Waals surface area contributed by atoms with Gasteiger partial charge in [-0.3, -0.25) is 20.5 Å². The van der Waals surface area contributed by atoms with E-state index in [0.717, 1.165) is 5.57 Å². The van der Waals surface area contributed by atoms with Gasteiger partial charge in [0, 0.05) is 19.2 Å². The third kappa shape index (κ3) is 6.33. The fourth-order valence-corrected chi connectivity index (χ4v) is 1.69. The number of rotatable bonds is 3. The quantitative estimate of drug-likeness (QED) is 0.446. The van der Waals surface area contributed by atoms with E-state index in [1.54, 1.807) is 31.3 Å². The summed E-state index contributed by atoms with van der Waals surface area (Å²) < 4.78 is 0. The first-order chi connectivity index (χ1) is 9.90. The number of thiocarbonyl (C=S) groups is 2. The average molecular weight is 322 g/mol. The van der Waals surface area contributed by atoms with Gasteiger partial charge in [-0.25, -0.2) is 0 Å². The van der Waals surface area contributed by atoms with Gasteiger partial charge in [0.05, 0.1) is 0 Å². The molecule has 0 aliphatic carbocycles. The molecule has 1 aromatic carbocycles.